The van der Waals surface area contributed by atoms with Gasteiger partial charge in [-0.25, -0.2) is 0 Å². The summed E-state index contributed by atoms with van der Waals surface area (Å²) in [6.45, 7) is 5.98. The van der Waals surface area contributed by atoms with Gasteiger partial charge in [0.1, 0.15) is 0 Å². The first kappa shape index (κ1) is 8.55. The molecule has 3 unspecified atom stereocenters. The third kappa shape index (κ3) is 1.52. The average molecular weight is 167 g/mol. The first-order valence-electron chi connectivity index (χ1n) is 5.50. The molecule has 1 heteroatoms. The molecule has 0 spiro atoms. The van der Waals surface area contributed by atoms with Crippen molar-refractivity contribution in [1.29, 1.82) is 0 Å². The lowest BCUT2D eigenvalue weighted by Gasteiger charge is -2.35. The van der Waals surface area contributed by atoms with Crippen molar-refractivity contribution in [3.63, 3.8) is 0 Å². The lowest BCUT2D eigenvalue weighted by molar-refractivity contribution is 0.207. The molecule has 1 heterocycles. The Hall–Kier alpha value is -0.0400. The Morgan fingerprint density at radius 2 is 1.92 bits per heavy atom. The first-order chi connectivity index (χ1) is 5.77. The van der Waals surface area contributed by atoms with Crippen molar-refractivity contribution >= 4 is 0 Å². The van der Waals surface area contributed by atoms with Crippen LogP contribution in [0.5, 0.6) is 0 Å². The molecule has 2 rings (SSSR count). The minimum atomic E-state index is 0.810. The lowest BCUT2D eigenvalue weighted by atomic mass is 9.82. The summed E-state index contributed by atoms with van der Waals surface area (Å²) in [4.78, 5) is 0. The molecule has 1 aliphatic carbocycles. The van der Waals surface area contributed by atoms with Gasteiger partial charge in [-0.3, -0.25) is 0 Å². The Morgan fingerprint density at radius 1 is 1.17 bits per heavy atom. The maximum atomic E-state index is 3.69. The van der Waals surface area contributed by atoms with Crippen LogP contribution in [0.4, 0.5) is 0 Å². The smallest absolute Gasteiger partial charge is 0.00929 e. The summed E-state index contributed by atoms with van der Waals surface area (Å²) in [5, 5.41) is 3.69. The second-order valence-electron chi connectivity index (χ2n) is 4.95. The molecule has 0 aromatic rings. The van der Waals surface area contributed by atoms with Gasteiger partial charge in [0.2, 0.25) is 0 Å². The fourth-order valence-corrected chi connectivity index (χ4v) is 2.91. The summed E-state index contributed by atoms with van der Waals surface area (Å²) in [5.74, 6) is 2.92. The van der Waals surface area contributed by atoms with Gasteiger partial charge < -0.3 is 5.32 Å². The molecule has 1 saturated carbocycles. The highest BCUT2D eigenvalue weighted by molar-refractivity contribution is 4.89. The van der Waals surface area contributed by atoms with Gasteiger partial charge in [-0.15, -0.1) is 0 Å². The molecule has 12 heavy (non-hydrogen) atoms. The molecule has 0 bridgehead atoms. The normalized spacial score (nSPS) is 41.8. The molecule has 70 valence electrons. The molecule has 2 aliphatic rings. The molecule has 0 aromatic carbocycles. The van der Waals surface area contributed by atoms with E-state index in [-0.39, 0.29) is 0 Å². The van der Waals surface area contributed by atoms with Gasteiger partial charge in [-0.05, 0) is 37.1 Å². The van der Waals surface area contributed by atoms with Crippen LogP contribution in [0.15, 0.2) is 0 Å². The Morgan fingerprint density at radius 3 is 2.67 bits per heavy atom. The molecule has 0 aromatic heterocycles. The molecular formula is C11H21N. The highest BCUT2D eigenvalue weighted by Crippen LogP contribution is 2.38. The van der Waals surface area contributed by atoms with Crippen molar-refractivity contribution in [1.82, 2.24) is 5.32 Å². The predicted octanol–water partition coefficient (Wildman–Crippen LogP) is 2.42. The highest BCUT2D eigenvalue weighted by atomic mass is 14.9. The minimum absolute atomic E-state index is 0.810. The molecular weight excluding hydrogens is 146 g/mol. The second-order valence-corrected chi connectivity index (χ2v) is 4.95. The summed E-state index contributed by atoms with van der Waals surface area (Å²) in [7, 11) is 0. The minimum Gasteiger partial charge on any atom is -0.313 e. The van der Waals surface area contributed by atoms with Crippen LogP contribution in [-0.4, -0.2) is 12.6 Å². The Balaban J connectivity index is 1.92. The number of fused-ring (bicyclic) bond motifs is 1. The molecule has 1 aliphatic heterocycles. The van der Waals surface area contributed by atoms with Crippen LogP contribution < -0.4 is 5.32 Å². The summed E-state index contributed by atoms with van der Waals surface area (Å²) in [5.41, 5.74) is 0. The van der Waals surface area contributed by atoms with E-state index in [0.29, 0.717) is 0 Å². The van der Waals surface area contributed by atoms with Crippen molar-refractivity contribution in [2.75, 3.05) is 6.54 Å². The zero-order valence-corrected chi connectivity index (χ0v) is 8.34. The van der Waals surface area contributed by atoms with Crippen LogP contribution in [0.25, 0.3) is 0 Å². The Labute approximate surface area is 75.9 Å². The maximum Gasteiger partial charge on any atom is 0.00929 e. The molecule has 1 N–H and O–H groups in total. The van der Waals surface area contributed by atoms with Gasteiger partial charge in [-0.1, -0.05) is 26.7 Å². The van der Waals surface area contributed by atoms with Crippen LogP contribution in [0.3, 0.4) is 0 Å². The summed E-state index contributed by atoms with van der Waals surface area (Å²) < 4.78 is 0. The van der Waals surface area contributed by atoms with E-state index in [4.69, 9.17) is 0 Å². The SMILES string of the molecule is CC(C)C1CC2CCCC2CN1. The van der Waals surface area contributed by atoms with E-state index >= 15 is 0 Å². The average Bonchev–Trinajstić information content (AvgIpc) is 2.49. The van der Waals surface area contributed by atoms with Crippen molar-refractivity contribution in [2.24, 2.45) is 17.8 Å². The highest BCUT2D eigenvalue weighted by Gasteiger charge is 2.34. The Kier molecular flexibility index (Phi) is 2.40. The quantitative estimate of drug-likeness (QED) is 0.632. The maximum absolute atomic E-state index is 3.69. The van der Waals surface area contributed by atoms with E-state index in [2.05, 4.69) is 19.2 Å². The van der Waals surface area contributed by atoms with Crippen LogP contribution in [0, 0.1) is 17.8 Å². The molecule has 2 fully saturated rings. The van der Waals surface area contributed by atoms with Gasteiger partial charge in [0.05, 0.1) is 0 Å². The van der Waals surface area contributed by atoms with E-state index in [1.807, 2.05) is 0 Å². The van der Waals surface area contributed by atoms with E-state index in [1.54, 1.807) is 0 Å². The summed E-state index contributed by atoms with van der Waals surface area (Å²) in [6, 6.07) is 0.810. The van der Waals surface area contributed by atoms with Crippen LogP contribution in [0.1, 0.15) is 39.5 Å². The van der Waals surface area contributed by atoms with Gasteiger partial charge in [0, 0.05) is 6.04 Å². The third-order valence-electron chi connectivity index (χ3n) is 3.82. The van der Waals surface area contributed by atoms with E-state index in [9.17, 15) is 0 Å². The van der Waals surface area contributed by atoms with Crippen molar-refractivity contribution in [3.8, 4) is 0 Å². The number of nitrogens with one attached hydrogen (secondary N) is 1. The van der Waals surface area contributed by atoms with Crippen LogP contribution >= 0.6 is 0 Å². The van der Waals surface area contributed by atoms with Crippen molar-refractivity contribution in [2.45, 2.75) is 45.6 Å². The van der Waals surface area contributed by atoms with Crippen molar-refractivity contribution < 1.29 is 0 Å². The van der Waals surface area contributed by atoms with Gasteiger partial charge in [0.25, 0.3) is 0 Å². The van der Waals surface area contributed by atoms with Gasteiger partial charge in [0.15, 0.2) is 0 Å². The molecule has 1 saturated heterocycles. The third-order valence-corrected chi connectivity index (χ3v) is 3.82. The first-order valence-corrected chi connectivity index (χ1v) is 5.50. The molecule has 0 amide bonds. The van der Waals surface area contributed by atoms with Crippen molar-refractivity contribution in [3.05, 3.63) is 0 Å². The second kappa shape index (κ2) is 3.37. The fraction of sp³-hybridized carbons (Fsp3) is 1.00. The fourth-order valence-electron chi connectivity index (χ4n) is 2.91. The molecule has 1 nitrogen and oxygen atoms in total. The van der Waals surface area contributed by atoms with E-state index in [0.717, 1.165) is 23.8 Å². The number of hydrogen-bond acceptors (Lipinski definition) is 1. The Bertz CT molecular complexity index is 153. The van der Waals surface area contributed by atoms with Gasteiger partial charge in [-0.2, -0.15) is 0 Å². The zero-order chi connectivity index (χ0) is 8.55. The lowest BCUT2D eigenvalue weighted by Crippen LogP contribution is -2.44. The molecule has 0 radical (unpaired) electrons. The van der Waals surface area contributed by atoms with Crippen LogP contribution in [0.2, 0.25) is 0 Å². The monoisotopic (exact) mass is 167 g/mol. The molecule has 3 atom stereocenters. The summed E-state index contributed by atoms with van der Waals surface area (Å²) >= 11 is 0. The number of piperidine rings is 1. The van der Waals surface area contributed by atoms with E-state index < -0.39 is 0 Å². The van der Waals surface area contributed by atoms with E-state index in [1.165, 1.54) is 32.2 Å². The largest absolute Gasteiger partial charge is 0.313 e. The standard InChI is InChI=1S/C11H21N/c1-8(2)11-6-9-4-3-5-10(9)7-12-11/h8-12H,3-7H2,1-2H3. The topological polar surface area (TPSA) is 12.0 Å². The van der Waals surface area contributed by atoms with Crippen LogP contribution in [-0.2, 0) is 0 Å². The van der Waals surface area contributed by atoms with Gasteiger partial charge >= 0.3 is 0 Å². The summed E-state index contributed by atoms with van der Waals surface area (Å²) in [6.07, 6.45) is 5.93. The number of hydrogen-bond donors (Lipinski definition) is 1. The number of rotatable bonds is 1. The predicted molar refractivity (Wildman–Crippen MR) is 52.1 cm³/mol. The zero-order valence-electron chi connectivity index (χ0n) is 8.34.